The quantitative estimate of drug-likeness (QED) is 0.709. The van der Waals surface area contributed by atoms with E-state index >= 15 is 0 Å². The van der Waals surface area contributed by atoms with Crippen LogP contribution in [-0.4, -0.2) is 11.0 Å². The Bertz CT molecular complexity index is 579. The first-order valence-corrected chi connectivity index (χ1v) is 4.74. The van der Waals surface area contributed by atoms with Crippen LogP contribution in [-0.2, 0) is 6.42 Å². The second-order valence-electron chi connectivity index (χ2n) is 3.40. The van der Waals surface area contributed by atoms with Crippen molar-refractivity contribution in [3.63, 3.8) is 0 Å². The summed E-state index contributed by atoms with van der Waals surface area (Å²) in [6, 6.07) is 6.87. The van der Waals surface area contributed by atoms with E-state index in [1.165, 1.54) is 0 Å². The Morgan fingerprint density at radius 2 is 2.38 bits per heavy atom. The average Bonchev–Trinajstić information content (AvgIpc) is 2.61. The van der Waals surface area contributed by atoms with Gasteiger partial charge in [0.2, 0.25) is 0 Å². The minimum Gasteiger partial charge on any atom is -0.361 e. The van der Waals surface area contributed by atoms with Crippen LogP contribution in [0.1, 0.15) is 5.56 Å². The lowest BCUT2D eigenvalue weighted by Crippen LogP contribution is -2.19. The number of nitriles is 1. The van der Waals surface area contributed by atoms with Gasteiger partial charge < -0.3 is 16.0 Å². The van der Waals surface area contributed by atoms with E-state index in [1.807, 2.05) is 6.07 Å². The maximum Gasteiger partial charge on any atom is 0.316 e. The predicted octanol–water partition coefficient (Wildman–Crippen LogP) is 1.72. The number of nitrogens with one attached hydrogen (secondary N) is 2. The fourth-order valence-corrected chi connectivity index (χ4v) is 1.63. The fraction of sp³-hybridized carbons (Fsp3) is 0.0909. The fourth-order valence-electron chi connectivity index (χ4n) is 1.63. The predicted molar refractivity (Wildman–Crippen MR) is 60.8 cm³/mol. The third kappa shape index (κ3) is 1.81. The second-order valence-corrected chi connectivity index (χ2v) is 3.40. The summed E-state index contributed by atoms with van der Waals surface area (Å²) >= 11 is 0. The van der Waals surface area contributed by atoms with Gasteiger partial charge in [0, 0.05) is 22.8 Å². The standard InChI is InChI=1S/C11H10N4O/c12-4-3-7-6-14-10-2-1-8(5-9(7)10)15-11(13)16/h1-2,5-6,14H,3H2,(H3,13,15,16). The number of aromatic nitrogens is 1. The number of nitrogens with two attached hydrogens (primary N) is 1. The lowest BCUT2D eigenvalue weighted by Gasteiger charge is -2.01. The van der Waals surface area contributed by atoms with Crippen molar-refractivity contribution >= 4 is 22.6 Å². The number of rotatable bonds is 2. The number of hydrogen-bond donors (Lipinski definition) is 3. The Balaban J connectivity index is 2.46. The summed E-state index contributed by atoms with van der Waals surface area (Å²) in [5, 5.41) is 12.1. The number of aromatic amines is 1. The summed E-state index contributed by atoms with van der Waals surface area (Å²) in [6.45, 7) is 0. The van der Waals surface area contributed by atoms with Gasteiger partial charge in [-0.05, 0) is 23.8 Å². The van der Waals surface area contributed by atoms with E-state index < -0.39 is 6.03 Å². The molecule has 16 heavy (non-hydrogen) atoms. The molecule has 0 fully saturated rings. The van der Waals surface area contributed by atoms with E-state index in [4.69, 9.17) is 11.0 Å². The number of carbonyl (C=O) groups is 1. The molecule has 0 saturated heterocycles. The Morgan fingerprint density at radius 3 is 3.06 bits per heavy atom. The molecule has 2 amide bonds. The van der Waals surface area contributed by atoms with Crippen molar-refractivity contribution in [3.8, 4) is 6.07 Å². The molecule has 0 aliphatic heterocycles. The lowest BCUT2D eigenvalue weighted by molar-refractivity contribution is 0.259. The number of benzene rings is 1. The van der Waals surface area contributed by atoms with Crippen LogP contribution in [0.15, 0.2) is 24.4 Å². The Morgan fingerprint density at radius 1 is 1.56 bits per heavy atom. The molecular formula is C11H10N4O. The van der Waals surface area contributed by atoms with E-state index in [-0.39, 0.29) is 0 Å². The molecule has 0 atom stereocenters. The normalized spacial score (nSPS) is 9.94. The van der Waals surface area contributed by atoms with Gasteiger partial charge in [0.25, 0.3) is 0 Å². The zero-order chi connectivity index (χ0) is 11.5. The van der Waals surface area contributed by atoms with Gasteiger partial charge in [-0.25, -0.2) is 4.79 Å². The smallest absolute Gasteiger partial charge is 0.316 e. The Hall–Kier alpha value is -2.48. The minimum atomic E-state index is -0.600. The molecule has 4 N–H and O–H groups in total. The zero-order valence-corrected chi connectivity index (χ0v) is 8.45. The zero-order valence-electron chi connectivity index (χ0n) is 8.45. The van der Waals surface area contributed by atoms with E-state index in [9.17, 15) is 4.79 Å². The van der Waals surface area contributed by atoms with Crippen LogP contribution < -0.4 is 11.1 Å². The highest BCUT2D eigenvalue weighted by Crippen LogP contribution is 2.22. The van der Waals surface area contributed by atoms with Crippen molar-refractivity contribution < 1.29 is 4.79 Å². The molecule has 5 heteroatoms. The van der Waals surface area contributed by atoms with Crippen molar-refractivity contribution in [2.75, 3.05) is 5.32 Å². The molecule has 0 saturated carbocycles. The topological polar surface area (TPSA) is 94.7 Å². The largest absolute Gasteiger partial charge is 0.361 e. The summed E-state index contributed by atoms with van der Waals surface area (Å²) in [5.41, 5.74) is 7.49. The van der Waals surface area contributed by atoms with E-state index in [0.717, 1.165) is 16.5 Å². The number of amides is 2. The van der Waals surface area contributed by atoms with Crippen LogP contribution in [0.2, 0.25) is 0 Å². The number of carbonyl (C=O) groups excluding carboxylic acids is 1. The number of primary amides is 1. The molecule has 1 aromatic heterocycles. The number of hydrogen-bond acceptors (Lipinski definition) is 2. The van der Waals surface area contributed by atoms with Crippen LogP contribution in [0, 0.1) is 11.3 Å². The number of fused-ring (bicyclic) bond motifs is 1. The van der Waals surface area contributed by atoms with Gasteiger partial charge in [0.15, 0.2) is 0 Å². The average molecular weight is 214 g/mol. The van der Waals surface area contributed by atoms with Crippen LogP contribution >= 0.6 is 0 Å². The highest BCUT2D eigenvalue weighted by Gasteiger charge is 2.04. The highest BCUT2D eigenvalue weighted by atomic mass is 16.2. The maximum absolute atomic E-state index is 10.7. The summed E-state index contributed by atoms with van der Waals surface area (Å²) in [6.07, 6.45) is 2.13. The van der Waals surface area contributed by atoms with Gasteiger partial charge in [-0.15, -0.1) is 0 Å². The number of urea groups is 1. The summed E-state index contributed by atoms with van der Waals surface area (Å²) < 4.78 is 0. The number of nitrogens with zero attached hydrogens (tertiary/aromatic N) is 1. The van der Waals surface area contributed by atoms with Gasteiger partial charge in [-0.2, -0.15) is 5.26 Å². The first kappa shape index (κ1) is 10.1. The summed E-state index contributed by atoms with van der Waals surface area (Å²) in [4.78, 5) is 13.8. The first-order chi connectivity index (χ1) is 7.70. The van der Waals surface area contributed by atoms with Crippen molar-refractivity contribution in [3.05, 3.63) is 30.0 Å². The first-order valence-electron chi connectivity index (χ1n) is 4.74. The van der Waals surface area contributed by atoms with Crippen LogP contribution in [0.25, 0.3) is 10.9 Å². The van der Waals surface area contributed by atoms with Crippen molar-refractivity contribution in [1.82, 2.24) is 4.98 Å². The highest BCUT2D eigenvalue weighted by molar-refractivity contribution is 5.93. The SMILES string of the molecule is N#CCc1c[nH]c2ccc(NC(N)=O)cc12. The molecule has 2 aromatic rings. The molecule has 0 spiro atoms. The van der Waals surface area contributed by atoms with Gasteiger partial charge >= 0.3 is 6.03 Å². The summed E-state index contributed by atoms with van der Waals surface area (Å²) in [7, 11) is 0. The van der Waals surface area contributed by atoms with Gasteiger partial charge in [-0.1, -0.05) is 0 Å². The van der Waals surface area contributed by atoms with Gasteiger partial charge in [0.1, 0.15) is 0 Å². The van der Waals surface area contributed by atoms with Crippen LogP contribution in [0.3, 0.4) is 0 Å². The molecule has 5 nitrogen and oxygen atoms in total. The summed E-state index contributed by atoms with van der Waals surface area (Å²) in [5.74, 6) is 0. The molecular weight excluding hydrogens is 204 g/mol. The molecule has 0 radical (unpaired) electrons. The van der Waals surface area contributed by atoms with Crippen molar-refractivity contribution in [2.45, 2.75) is 6.42 Å². The lowest BCUT2D eigenvalue weighted by atomic mass is 10.1. The van der Waals surface area contributed by atoms with Crippen molar-refractivity contribution in [2.24, 2.45) is 5.73 Å². The maximum atomic E-state index is 10.7. The molecule has 1 heterocycles. The van der Waals surface area contributed by atoms with E-state index in [2.05, 4.69) is 16.4 Å². The van der Waals surface area contributed by atoms with E-state index in [1.54, 1.807) is 18.3 Å². The molecule has 0 aliphatic rings. The third-order valence-electron chi connectivity index (χ3n) is 2.30. The molecule has 80 valence electrons. The Kier molecular flexibility index (Phi) is 2.48. The molecule has 2 rings (SSSR count). The number of anilines is 1. The van der Waals surface area contributed by atoms with E-state index in [0.29, 0.717) is 12.1 Å². The second kappa shape index (κ2) is 3.95. The molecule has 0 aliphatic carbocycles. The van der Waals surface area contributed by atoms with Crippen LogP contribution in [0.5, 0.6) is 0 Å². The molecule has 1 aromatic carbocycles. The monoisotopic (exact) mass is 214 g/mol. The number of H-pyrrole nitrogens is 1. The van der Waals surface area contributed by atoms with Crippen LogP contribution in [0.4, 0.5) is 10.5 Å². The minimum absolute atomic E-state index is 0.333. The van der Waals surface area contributed by atoms with Gasteiger partial charge in [0.05, 0.1) is 12.5 Å². The Labute approximate surface area is 91.9 Å². The van der Waals surface area contributed by atoms with Crippen molar-refractivity contribution in [1.29, 1.82) is 5.26 Å². The van der Waals surface area contributed by atoms with Gasteiger partial charge in [-0.3, -0.25) is 0 Å². The molecule has 0 bridgehead atoms. The third-order valence-corrected chi connectivity index (χ3v) is 2.30. The molecule has 0 unspecified atom stereocenters.